The zero-order chi connectivity index (χ0) is 14.1. The highest BCUT2D eigenvalue weighted by Crippen LogP contribution is 2.10. The first-order valence-corrected chi connectivity index (χ1v) is 6.59. The number of urea groups is 1. The molecule has 0 heterocycles. The monoisotopic (exact) mass is 266 g/mol. The Morgan fingerprint density at radius 3 is 2.74 bits per heavy atom. The molecule has 0 radical (unpaired) electrons. The molecule has 1 unspecified atom stereocenters. The molecule has 5 nitrogen and oxygen atoms in total. The second-order valence-electron chi connectivity index (χ2n) is 4.45. The summed E-state index contributed by atoms with van der Waals surface area (Å²) in [7, 11) is 0. The number of carbonyl (C=O) groups excluding carboxylic acids is 1. The first kappa shape index (κ1) is 15.3. The molecular formula is C14H22N2O3. The van der Waals surface area contributed by atoms with Crippen molar-refractivity contribution in [3.8, 4) is 5.75 Å². The van der Waals surface area contributed by atoms with Crippen molar-refractivity contribution in [2.45, 2.75) is 32.3 Å². The van der Waals surface area contributed by atoms with Crippen molar-refractivity contribution < 1.29 is 15.0 Å². The number of nitrogens with one attached hydrogen (secondary N) is 2. The average molecular weight is 266 g/mol. The van der Waals surface area contributed by atoms with E-state index in [1.165, 1.54) is 0 Å². The highest BCUT2D eigenvalue weighted by molar-refractivity contribution is 5.73. The first-order valence-electron chi connectivity index (χ1n) is 6.59. The minimum absolute atomic E-state index is 0.232. The summed E-state index contributed by atoms with van der Waals surface area (Å²) in [5.41, 5.74) is 0.974. The molecule has 0 aliphatic rings. The van der Waals surface area contributed by atoms with Gasteiger partial charge in [-0.1, -0.05) is 19.1 Å². The number of rotatable bonds is 7. The van der Waals surface area contributed by atoms with E-state index in [9.17, 15) is 15.0 Å². The Hall–Kier alpha value is -1.75. The molecule has 2 amide bonds. The summed E-state index contributed by atoms with van der Waals surface area (Å²) < 4.78 is 0. The van der Waals surface area contributed by atoms with Crippen LogP contribution in [0.3, 0.4) is 0 Å². The smallest absolute Gasteiger partial charge is 0.314 e. The minimum Gasteiger partial charge on any atom is -0.508 e. The van der Waals surface area contributed by atoms with E-state index in [4.69, 9.17) is 0 Å². The second kappa shape index (κ2) is 8.37. The third-order valence-corrected chi connectivity index (χ3v) is 2.84. The summed E-state index contributed by atoms with van der Waals surface area (Å²) in [6.45, 7) is 2.87. The number of hydrogen-bond donors (Lipinski definition) is 4. The molecule has 1 aromatic carbocycles. The van der Waals surface area contributed by atoms with Crippen molar-refractivity contribution in [3.05, 3.63) is 29.8 Å². The normalized spacial score (nSPS) is 11.9. The van der Waals surface area contributed by atoms with Crippen LogP contribution in [0.15, 0.2) is 24.3 Å². The van der Waals surface area contributed by atoms with Crippen LogP contribution < -0.4 is 10.6 Å². The maximum Gasteiger partial charge on any atom is 0.314 e. The molecule has 0 saturated heterocycles. The Morgan fingerprint density at radius 1 is 1.32 bits per heavy atom. The molecule has 1 atom stereocenters. The summed E-state index contributed by atoms with van der Waals surface area (Å²) in [4.78, 5) is 11.4. The summed E-state index contributed by atoms with van der Waals surface area (Å²) in [5, 5.41) is 24.0. The van der Waals surface area contributed by atoms with Crippen LogP contribution in [0.5, 0.6) is 5.75 Å². The molecule has 0 aliphatic heterocycles. The van der Waals surface area contributed by atoms with Crippen molar-refractivity contribution in [1.29, 1.82) is 0 Å². The van der Waals surface area contributed by atoms with Gasteiger partial charge in [-0.25, -0.2) is 4.79 Å². The lowest BCUT2D eigenvalue weighted by molar-refractivity contribution is 0.160. The fourth-order valence-electron chi connectivity index (χ4n) is 1.65. The van der Waals surface area contributed by atoms with Crippen molar-refractivity contribution in [2.75, 3.05) is 13.1 Å². The highest BCUT2D eigenvalue weighted by atomic mass is 16.3. The van der Waals surface area contributed by atoms with Gasteiger partial charge < -0.3 is 20.8 Å². The Kier molecular flexibility index (Phi) is 6.74. The second-order valence-corrected chi connectivity index (χ2v) is 4.45. The molecule has 4 N–H and O–H groups in total. The van der Waals surface area contributed by atoms with Gasteiger partial charge >= 0.3 is 6.03 Å². The molecule has 106 valence electrons. The van der Waals surface area contributed by atoms with Crippen molar-refractivity contribution >= 4 is 6.03 Å². The number of aliphatic hydroxyl groups is 1. The van der Waals surface area contributed by atoms with Crippen molar-refractivity contribution in [3.63, 3.8) is 0 Å². The number of amides is 2. The number of benzene rings is 1. The van der Waals surface area contributed by atoms with E-state index in [1.807, 2.05) is 13.0 Å². The SMILES string of the molecule is CCC(O)CCNC(=O)NCCc1cccc(O)c1. The third-order valence-electron chi connectivity index (χ3n) is 2.84. The predicted octanol–water partition coefficient (Wildman–Crippen LogP) is 1.39. The molecular weight excluding hydrogens is 244 g/mol. The van der Waals surface area contributed by atoms with E-state index in [-0.39, 0.29) is 17.9 Å². The Balaban J connectivity index is 2.13. The number of phenols is 1. The van der Waals surface area contributed by atoms with Crippen molar-refractivity contribution in [1.82, 2.24) is 10.6 Å². The lowest BCUT2D eigenvalue weighted by Crippen LogP contribution is -2.37. The number of hydrogen-bond acceptors (Lipinski definition) is 3. The first-order chi connectivity index (χ1) is 9.11. The molecule has 0 aliphatic carbocycles. The lowest BCUT2D eigenvalue weighted by atomic mass is 10.1. The van der Waals surface area contributed by atoms with Crippen LogP contribution in [-0.4, -0.2) is 35.4 Å². The van der Waals surface area contributed by atoms with E-state index in [2.05, 4.69) is 10.6 Å². The maximum absolute atomic E-state index is 11.4. The van der Waals surface area contributed by atoms with Gasteiger partial charge in [0.2, 0.25) is 0 Å². The molecule has 1 aromatic rings. The minimum atomic E-state index is -0.354. The highest BCUT2D eigenvalue weighted by Gasteiger charge is 2.03. The molecule has 0 fully saturated rings. The van der Waals surface area contributed by atoms with Gasteiger partial charge in [0.15, 0.2) is 0 Å². The van der Waals surface area contributed by atoms with Crippen LogP contribution in [0.1, 0.15) is 25.3 Å². The fourth-order valence-corrected chi connectivity index (χ4v) is 1.65. The molecule has 0 bridgehead atoms. The lowest BCUT2D eigenvalue weighted by Gasteiger charge is -2.10. The van der Waals surface area contributed by atoms with Gasteiger partial charge in [-0.15, -0.1) is 0 Å². The summed E-state index contributed by atoms with van der Waals surface area (Å²) in [6, 6.07) is 6.73. The van der Waals surface area contributed by atoms with Crippen LogP contribution in [-0.2, 0) is 6.42 Å². The molecule has 0 spiro atoms. The van der Waals surface area contributed by atoms with Crippen LogP contribution >= 0.6 is 0 Å². The summed E-state index contributed by atoms with van der Waals surface area (Å²) in [5.74, 6) is 0.232. The zero-order valence-electron chi connectivity index (χ0n) is 11.2. The predicted molar refractivity (Wildman–Crippen MR) is 74.1 cm³/mol. The quantitative estimate of drug-likeness (QED) is 0.602. The van der Waals surface area contributed by atoms with Gasteiger partial charge in [-0.2, -0.15) is 0 Å². The van der Waals surface area contributed by atoms with Gasteiger partial charge in [-0.05, 0) is 37.0 Å². The van der Waals surface area contributed by atoms with Crippen molar-refractivity contribution in [2.24, 2.45) is 0 Å². The van der Waals surface area contributed by atoms with Gasteiger partial charge in [-0.3, -0.25) is 0 Å². The van der Waals surface area contributed by atoms with Gasteiger partial charge in [0.25, 0.3) is 0 Å². The molecule has 0 saturated carbocycles. The fraction of sp³-hybridized carbons (Fsp3) is 0.500. The van der Waals surface area contributed by atoms with Crippen LogP contribution in [0, 0.1) is 0 Å². The largest absolute Gasteiger partial charge is 0.508 e. The Bertz CT molecular complexity index is 396. The summed E-state index contributed by atoms with van der Waals surface area (Å²) >= 11 is 0. The van der Waals surface area contributed by atoms with Gasteiger partial charge in [0.05, 0.1) is 6.10 Å². The van der Waals surface area contributed by atoms with E-state index >= 15 is 0 Å². The van der Waals surface area contributed by atoms with Crippen LogP contribution in [0.2, 0.25) is 0 Å². The number of phenolic OH excluding ortho intramolecular Hbond substituents is 1. The van der Waals surface area contributed by atoms with Gasteiger partial charge in [0.1, 0.15) is 5.75 Å². The van der Waals surface area contributed by atoms with Crippen LogP contribution in [0.25, 0.3) is 0 Å². The average Bonchev–Trinajstić information content (AvgIpc) is 2.38. The molecule has 5 heteroatoms. The topological polar surface area (TPSA) is 81.6 Å². The van der Waals surface area contributed by atoms with E-state index < -0.39 is 0 Å². The maximum atomic E-state index is 11.4. The number of aliphatic hydroxyl groups excluding tert-OH is 1. The van der Waals surface area contributed by atoms with E-state index in [0.29, 0.717) is 32.4 Å². The van der Waals surface area contributed by atoms with Crippen LogP contribution in [0.4, 0.5) is 4.79 Å². The molecule has 0 aromatic heterocycles. The Morgan fingerprint density at radius 2 is 2.05 bits per heavy atom. The van der Waals surface area contributed by atoms with E-state index in [1.54, 1.807) is 18.2 Å². The standard InChI is InChI=1S/C14H22N2O3/c1-2-12(17)7-9-16-14(19)15-8-6-11-4-3-5-13(18)10-11/h3-5,10,12,17-18H,2,6-9H2,1H3,(H2,15,16,19). The zero-order valence-corrected chi connectivity index (χ0v) is 11.2. The molecule has 1 rings (SSSR count). The number of carbonyl (C=O) groups is 1. The summed E-state index contributed by atoms with van der Waals surface area (Å²) in [6.07, 6.45) is 1.57. The molecule has 19 heavy (non-hydrogen) atoms. The number of aromatic hydroxyl groups is 1. The third kappa shape index (κ3) is 6.67. The Labute approximate surface area is 113 Å². The van der Waals surface area contributed by atoms with E-state index in [0.717, 1.165) is 5.56 Å². The van der Waals surface area contributed by atoms with Gasteiger partial charge in [0, 0.05) is 13.1 Å².